The lowest BCUT2D eigenvalue weighted by Crippen LogP contribution is -2.51. The molecule has 17 heteroatoms. The van der Waals surface area contributed by atoms with E-state index in [1.54, 1.807) is 42.6 Å². The van der Waals surface area contributed by atoms with Crippen molar-refractivity contribution in [2.24, 2.45) is 16.1 Å². The molecular formula is C36H40ClF4N9O3. The highest BCUT2D eigenvalue weighted by atomic mass is 35.5. The summed E-state index contributed by atoms with van der Waals surface area (Å²) in [5, 5.41) is 13.7. The predicted molar refractivity (Wildman–Crippen MR) is 189 cm³/mol. The van der Waals surface area contributed by atoms with Gasteiger partial charge in [0.2, 0.25) is 0 Å². The molecule has 2 aromatic heterocycles. The van der Waals surface area contributed by atoms with Crippen molar-refractivity contribution in [3.8, 4) is 22.5 Å². The fourth-order valence-electron chi connectivity index (χ4n) is 6.15. The third kappa shape index (κ3) is 7.46. The maximum Gasteiger partial charge on any atom is 0.407 e. The fourth-order valence-corrected chi connectivity index (χ4v) is 6.36. The van der Waals surface area contributed by atoms with E-state index in [0.29, 0.717) is 17.2 Å². The van der Waals surface area contributed by atoms with Crippen molar-refractivity contribution in [1.29, 1.82) is 0 Å². The van der Waals surface area contributed by atoms with Gasteiger partial charge >= 0.3 is 12.3 Å². The Morgan fingerprint density at radius 3 is 2.43 bits per heavy atom. The summed E-state index contributed by atoms with van der Waals surface area (Å²) in [4.78, 5) is 37.6. The molecule has 2 amide bonds. The van der Waals surface area contributed by atoms with E-state index in [1.165, 1.54) is 33.2 Å². The second kappa shape index (κ2) is 13.8. The van der Waals surface area contributed by atoms with E-state index >= 15 is 0 Å². The van der Waals surface area contributed by atoms with E-state index in [4.69, 9.17) is 22.1 Å². The molecule has 0 bridgehead atoms. The highest BCUT2D eigenvalue weighted by Crippen LogP contribution is 2.51. The summed E-state index contributed by atoms with van der Waals surface area (Å²) in [6, 6.07) is 10.3. The Morgan fingerprint density at radius 2 is 1.83 bits per heavy atom. The van der Waals surface area contributed by atoms with Gasteiger partial charge in [-0.25, -0.2) is 19.2 Å². The zero-order valence-corrected chi connectivity index (χ0v) is 30.5. The number of carbonyl (C=O) groups excluding carboxylic acids is 2. The van der Waals surface area contributed by atoms with Crippen molar-refractivity contribution in [3.05, 3.63) is 77.3 Å². The van der Waals surface area contributed by atoms with Crippen molar-refractivity contribution in [1.82, 2.24) is 35.2 Å². The molecule has 0 spiro atoms. The van der Waals surface area contributed by atoms with E-state index < -0.39 is 65.9 Å². The molecule has 1 fully saturated rings. The molecule has 4 N–H and O–H groups in total. The first-order valence-electron chi connectivity index (χ1n) is 17.0. The van der Waals surface area contributed by atoms with Gasteiger partial charge in [0.15, 0.2) is 17.3 Å². The Hall–Kier alpha value is -4.99. The number of ether oxygens (including phenoxy) is 1. The number of aliphatic imine (C=N–C) groups is 1. The van der Waals surface area contributed by atoms with Crippen LogP contribution in [0.15, 0.2) is 66.2 Å². The van der Waals surface area contributed by atoms with E-state index in [9.17, 15) is 27.2 Å². The minimum atomic E-state index is -4.72. The van der Waals surface area contributed by atoms with Crippen molar-refractivity contribution >= 4 is 29.6 Å². The molecule has 2 aliphatic rings. The van der Waals surface area contributed by atoms with Gasteiger partial charge in [-0.1, -0.05) is 55.8 Å². The van der Waals surface area contributed by atoms with Crippen LogP contribution in [-0.2, 0) is 15.1 Å². The SMILES string of the molecule is CC(F)C(C)(C)NC(=O)OC[C@H](c1ccc(Cl)c(-c2ncn[nH]2)c1)N1C(=O)[C@@](CC(C)(C)C(F)(F)F)(c2ccc(-c3cnn(C4CC4)c3)cc2)N=C1N. The number of aromatic nitrogens is 5. The number of alkyl carbamates (subject to hydrolysis) is 1. The van der Waals surface area contributed by atoms with Crippen LogP contribution in [-0.4, -0.2) is 72.3 Å². The van der Waals surface area contributed by atoms with Crippen LogP contribution in [0.2, 0.25) is 5.02 Å². The number of carbonyl (C=O) groups is 2. The molecule has 12 nitrogen and oxygen atoms in total. The van der Waals surface area contributed by atoms with Gasteiger partial charge in [-0.2, -0.15) is 23.4 Å². The van der Waals surface area contributed by atoms with Crippen LogP contribution >= 0.6 is 11.6 Å². The number of alkyl halides is 4. The molecule has 1 unspecified atom stereocenters. The van der Waals surface area contributed by atoms with Crippen molar-refractivity contribution in [2.45, 2.75) is 89.4 Å². The first-order chi connectivity index (χ1) is 24.8. The molecule has 3 heterocycles. The predicted octanol–water partition coefficient (Wildman–Crippen LogP) is 7.26. The van der Waals surface area contributed by atoms with Crippen LogP contribution < -0.4 is 11.1 Å². The van der Waals surface area contributed by atoms with E-state index in [0.717, 1.165) is 42.7 Å². The van der Waals surface area contributed by atoms with Gasteiger partial charge in [0.05, 0.1) is 34.3 Å². The Kier molecular flexibility index (Phi) is 9.81. The number of guanidine groups is 1. The third-order valence-electron chi connectivity index (χ3n) is 9.96. The molecule has 2 aromatic carbocycles. The van der Waals surface area contributed by atoms with Crippen LogP contribution in [0.3, 0.4) is 0 Å². The van der Waals surface area contributed by atoms with Gasteiger partial charge < -0.3 is 15.8 Å². The van der Waals surface area contributed by atoms with E-state index in [1.807, 2.05) is 10.9 Å². The summed E-state index contributed by atoms with van der Waals surface area (Å²) < 4.78 is 65.3. The first kappa shape index (κ1) is 37.8. The van der Waals surface area contributed by atoms with Crippen LogP contribution in [0.1, 0.15) is 77.1 Å². The summed E-state index contributed by atoms with van der Waals surface area (Å²) >= 11 is 6.50. The van der Waals surface area contributed by atoms with E-state index in [2.05, 4.69) is 30.6 Å². The topological polar surface area (TPSA) is 156 Å². The fraction of sp³-hybridized carbons (Fsp3) is 0.444. The molecule has 1 saturated carbocycles. The Morgan fingerprint density at radius 1 is 1.13 bits per heavy atom. The smallest absolute Gasteiger partial charge is 0.407 e. The second-order valence-electron chi connectivity index (χ2n) is 14.7. The average Bonchev–Trinajstić information content (AvgIpc) is 3.45. The summed E-state index contributed by atoms with van der Waals surface area (Å²) in [5.41, 5.74) is 3.10. The maximum absolute atomic E-state index is 14.9. The van der Waals surface area contributed by atoms with Gasteiger partial charge in [-0.15, -0.1) is 0 Å². The molecule has 1 aliphatic carbocycles. The molecular weight excluding hydrogens is 718 g/mol. The number of rotatable bonds is 12. The monoisotopic (exact) mass is 757 g/mol. The lowest BCUT2D eigenvalue weighted by atomic mass is 9.74. The Bertz CT molecular complexity index is 2010. The zero-order valence-electron chi connectivity index (χ0n) is 29.7. The van der Waals surface area contributed by atoms with Gasteiger partial charge in [0.1, 0.15) is 19.1 Å². The average molecular weight is 758 g/mol. The molecule has 6 rings (SSSR count). The molecule has 53 heavy (non-hydrogen) atoms. The van der Waals surface area contributed by atoms with Crippen LogP contribution in [0.4, 0.5) is 22.4 Å². The summed E-state index contributed by atoms with van der Waals surface area (Å²) in [6.45, 7) is 5.66. The Labute approximate surface area is 308 Å². The number of aromatic amines is 1. The third-order valence-corrected chi connectivity index (χ3v) is 10.3. The number of nitrogens with zero attached hydrogens (tertiary/aromatic N) is 6. The highest BCUT2D eigenvalue weighted by molar-refractivity contribution is 6.33. The molecule has 282 valence electrons. The quantitative estimate of drug-likeness (QED) is 0.129. The minimum Gasteiger partial charge on any atom is -0.447 e. The zero-order chi connectivity index (χ0) is 38.5. The normalized spacial score (nSPS) is 19.2. The van der Waals surface area contributed by atoms with Gasteiger partial charge in [-0.05, 0) is 68.9 Å². The molecule has 1 aliphatic heterocycles. The lowest BCUT2D eigenvalue weighted by Gasteiger charge is -2.37. The van der Waals surface area contributed by atoms with Crippen LogP contribution in [0.5, 0.6) is 0 Å². The molecule has 4 aromatic rings. The standard InChI is InChI=1S/C36H40ClF4N9O3/c1-20(38)34(4,5)47-32(52)53-17-28(22-8-13-27(37)26(14-22)29-43-19-44-48-29)50-30(51)35(46-31(50)42,18-33(2,3)36(39,40)41)24-9-6-21(7-10-24)23-15-45-49(16-23)25-11-12-25/h6-10,13-16,19-20,25,28H,11-12,17-18H2,1-5H3,(H2,42,46)(H,47,52)(H,43,44,48)/t20?,28-,35-/m1/s1. The largest absolute Gasteiger partial charge is 0.447 e. The summed E-state index contributed by atoms with van der Waals surface area (Å²) in [6.07, 6.45) is -0.998. The number of hydrogen-bond donors (Lipinski definition) is 3. The van der Waals surface area contributed by atoms with Crippen molar-refractivity contribution < 1.29 is 31.9 Å². The van der Waals surface area contributed by atoms with Gasteiger partial charge in [-0.3, -0.25) is 19.5 Å². The number of halogens is 5. The second-order valence-corrected chi connectivity index (χ2v) is 15.1. The number of nitrogens with one attached hydrogen (secondary N) is 2. The number of H-pyrrole nitrogens is 1. The molecule has 0 saturated heterocycles. The number of nitrogens with two attached hydrogens (primary N) is 1. The summed E-state index contributed by atoms with van der Waals surface area (Å²) in [7, 11) is 0. The molecule has 0 radical (unpaired) electrons. The van der Waals surface area contributed by atoms with Crippen LogP contribution in [0, 0.1) is 5.41 Å². The van der Waals surface area contributed by atoms with Crippen molar-refractivity contribution in [2.75, 3.05) is 6.61 Å². The van der Waals surface area contributed by atoms with Crippen molar-refractivity contribution in [3.63, 3.8) is 0 Å². The maximum atomic E-state index is 14.9. The number of hydrogen-bond acceptors (Lipinski definition) is 8. The number of benzene rings is 2. The summed E-state index contributed by atoms with van der Waals surface area (Å²) in [5.74, 6) is -0.985. The van der Waals surface area contributed by atoms with Crippen LogP contribution in [0.25, 0.3) is 22.5 Å². The van der Waals surface area contributed by atoms with E-state index in [-0.39, 0.29) is 16.4 Å². The van der Waals surface area contributed by atoms with Gasteiger partial charge in [0, 0.05) is 17.3 Å². The Balaban J connectivity index is 1.41. The first-order valence-corrected chi connectivity index (χ1v) is 17.4. The number of amides is 2. The highest BCUT2D eigenvalue weighted by Gasteiger charge is 2.59. The lowest BCUT2D eigenvalue weighted by molar-refractivity contribution is -0.218. The molecule has 3 atom stereocenters. The minimum absolute atomic E-state index is 0.179. The van der Waals surface area contributed by atoms with Gasteiger partial charge in [0.25, 0.3) is 5.91 Å².